The molecule has 4 rings (SSSR count). The molecule has 2 saturated carbocycles. The van der Waals surface area contributed by atoms with E-state index >= 15 is 0 Å². The molecule has 0 amide bonds. The molecule has 0 radical (unpaired) electrons. The van der Waals surface area contributed by atoms with Crippen LogP contribution in [0.25, 0.3) is 0 Å². The number of hydrogen-bond acceptors (Lipinski definition) is 3. The molecule has 5 heteroatoms. The van der Waals surface area contributed by atoms with E-state index in [2.05, 4.69) is 5.32 Å². The second kappa shape index (κ2) is 5.75. The summed E-state index contributed by atoms with van der Waals surface area (Å²) in [6, 6.07) is 0.510. The van der Waals surface area contributed by atoms with Crippen LogP contribution < -0.4 is 5.32 Å². The van der Waals surface area contributed by atoms with Crippen LogP contribution in [0.1, 0.15) is 44.9 Å². The molecule has 0 aromatic carbocycles. The van der Waals surface area contributed by atoms with Crippen LogP contribution in [0.15, 0.2) is 0 Å². The van der Waals surface area contributed by atoms with Gasteiger partial charge in [0.1, 0.15) is 6.17 Å². The summed E-state index contributed by atoms with van der Waals surface area (Å²) >= 11 is 0. The van der Waals surface area contributed by atoms with Gasteiger partial charge < -0.3 is 15.2 Å². The minimum atomic E-state index is -0.704. The fourth-order valence-corrected chi connectivity index (χ4v) is 5.51. The Balaban J connectivity index is 1.52. The lowest BCUT2D eigenvalue weighted by Crippen LogP contribution is -2.42. The van der Waals surface area contributed by atoms with Crippen molar-refractivity contribution in [1.82, 2.24) is 5.32 Å². The number of rotatable bonds is 2. The lowest BCUT2D eigenvalue weighted by atomic mass is 9.69. The van der Waals surface area contributed by atoms with E-state index < -0.39 is 12.1 Å². The van der Waals surface area contributed by atoms with Gasteiger partial charge in [-0.25, -0.2) is 4.39 Å². The molecular formula is C17H26FNO3. The molecule has 124 valence electrons. The highest BCUT2D eigenvalue weighted by Crippen LogP contribution is 2.49. The lowest BCUT2D eigenvalue weighted by Gasteiger charge is -2.34. The molecule has 4 nitrogen and oxygen atoms in total. The summed E-state index contributed by atoms with van der Waals surface area (Å²) in [5.41, 5.74) is 0. The molecule has 0 aromatic rings. The Bertz CT molecular complexity index is 438. The van der Waals surface area contributed by atoms with Gasteiger partial charge in [0.15, 0.2) is 0 Å². The molecule has 0 aromatic heterocycles. The molecule has 2 N–H and O–H groups in total. The average Bonchev–Trinajstić information content (AvgIpc) is 3.08. The van der Waals surface area contributed by atoms with E-state index in [1.807, 2.05) is 0 Å². The van der Waals surface area contributed by atoms with Crippen molar-refractivity contribution in [3.05, 3.63) is 0 Å². The van der Waals surface area contributed by atoms with Crippen LogP contribution in [0.2, 0.25) is 0 Å². The van der Waals surface area contributed by atoms with Gasteiger partial charge in [0.05, 0.1) is 18.1 Å². The summed E-state index contributed by atoms with van der Waals surface area (Å²) < 4.78 is 19.7. The number of alkyl halides is 1. The topological polar surface area (TPSA) is 58.6 Å². The van der Waals surface area contributed by atoms with Gasteiger partial charge in [0, 0.05) is 12.0 Å². The van der Waals surface area contributed by atoms with Gasteiger partial charge >= 0.3 is 5.97 Å². The highest BCUT2D eigenvalue weighted by Gasteiger charge is 2.55. The van der Waals surface area contributed by atoms with Crippen molar-refractivity contribution in [2.24, 2.45) is 23.7 Å². The standard InChI is InChI=1S/C17H26FNO3/c18-11-3-1-9(2-4-11)16-15(17(20)21)12-7-10-5-6-19-13(10)8-14(12)22-16/h9-16,19H,1-8H2,(H,20,21). The van der Waals surface area contributed by atoms with Crippen LogP contribution in [-0.4, -0.2) is 42.0 Å². The van der Waals surface area contributed by atoms with Gasteiger partial charge in [0.2, 0.25) is 0 Å². The number of carboxylic acid groups (broad SMARTS) is 1. The average molecular weight is 311 g/mol. The molecule has 2 aliphatic carbocycles. The quantitative estimate of drug-likeness (QED) is 0.822. The van der Waals surface area contributed by atoms with Crippen molar-refractivity contribution >= 4 is 5.97 Å². The van der Waals surface area contributed by atoms with Gasteiger partial charge in [-0.05, 0) is 63.3 Å². The van der Waals surface area contributed by atoms with Crippen molar-refractivity contribution in [3.63, 3.8) is 0 Å². The number of hydrogen-bond donors (Lipinski definition) is 2. The highest BCUT2D eigenvalue weighted by molar-refractivity contribution is 5.71. The Morgan fingerprint density at radius 3 is 2.59 bits per heavy atom. The van der Waals surface area contributed by atoms with Crippen molar-refractivity contribution in [1.29, 1.82) is 0 Å². The number of fused-ring (bicyclic) bond motifs is 2. The molecule has 2 aliphatic heterocycles. The zero-order valence-corrected chi connectivity index (χ0v) is 12.9. The van der Waals surface area contributed by atoms with Crippen LogP contribution in [0, 0.1) is 23.7 Å². The first-order chi connectivity index (χ1) is 10.6. The van der Waals surface area contributed by atoms with E-state index in [1.165, 1.54) is 0 Å². The zero-order valence-electron chi connectivity index (χ0n) is 12.9. The molecule has 6 unspecified atom stereocenters. The molecule has 2 heterocycles. The van der Waals surface area contributed by atoms with E-state index in [9.17, 15) is 14.3 Å². The Labute approximate surface area is 130 Å². The van der Waals surface area contributed by atoms with E-state index in [-0.39, 0.29) is 30.0 Å². The Kier molecular flexibility index (Phi) is 3.89. The number of ether oxygens (including phenoxy) is 1. The fraction of sp³-hybridized carbons (Fsp3) is 0.941. The Hall–Kier alpha value is -0.680. The summed E-state index contributed by atoms with van der Waals surface area (Å²) in [5.74, 6) is -0.0812. The van der Waals surface area contributed by atoms with Gasteiger partial charge in [0.25, 0.3) is 0 Å². The minimum Gasteiger partial charge on any atom is -0.481 e. The molecule has 2 saturated heterocycles. The second-order valence-electron chi connectivity index (χ2n) is 7.76. The smallest absolute Gasteiger partial charge is 0.309 e. The lowest BCUT2D eigenvalue weighted by molar-refractivity contribution is -0.146. The molecule has 6 atom stereocenters. The first kappa shape index (κ1) is 14.9. The first-order valence-corrected chi connectivity index (χ1v) is 8.89. The third-order valence-corrected chi connectivity index (χ3v) is 6.63. The largest absolute Gasteiger partial charge is 0.481 e. The molecule has 4 aliphatic rings. The Morgan fingerprint density at radius 2 is 1.86 bits per heavy atom. The third kappa shape index (κ3) is 2.46. The first-order valence-electron chi connectivity index (χ1n) is 8.89. The summed E-state index contributed by atoms with van der Waals surface area (Å²) in [6.45, 7) is 1.05. The molecule has 22 heavy (non-hydrogen) atoms. The summed E-state index contributed by atoms with van der Waals surface area (Å²) in [6.07, 6.45) is 4.98. The van der Waals surface area contributed by atoms with E-state index in [0.29, 0.717) is 24.8 Å². The molecule has 0 bridgehead atoms. The predicted molar refractivity (Wildman–Crippen MR) is 79.3 cm³/mol. The van der Waals surface area contributed by atoms with Crippen molar-refractivity contribution in [3.8, 4) is 0 Å². The molecule has 4 fully saturated rings. The van der Waals surface area contributed by atoms with Crippen LogP contribution in [0.4, 0.5) is 4.39 Å². The zero-order chi connectivity index (χ0) is 15.3. The van der Waals surface area contributed by atoms with Crippen LogP contribution in [0.3, 0.4) is 0 Å². The number of carbonyl (C=O) groups is 1. The highest BCUT2D eigenvalue weighted by atomic mass is 19.1. The van der Waals surface area contributed by atoms with Gasteiger partial charge in [-0.15, -0.1) is 0 Å². The van der Waals surface area contributed by atoms with Crippen LogP contribution in [0.5, 0.6) is 0 Å². The van der Waals surface area contributed by atoms with Gasteiger partial charge in [-0.2, -0.15) is 0 Å². The maximum absolute atomic E-state index is 13.4. The van der Waals surface area contributed by atoms with Gasteiger partial charge in [-0.1, -0.05) is 0 Å². The van der Waals surface area contributed by atoms with E-state index in [4.69, 9.17) is 4.74 Å². The SMILES string of the molecule is O=C(O)C1C2CC3CCNC3CC2OC1C1CCC(F)CC1. The predicted octanol–water partition coefficient (Wildman–Crippen LogP) is 2.37. The fourth-order valence-electron chi connectivity index (χ4n) is 5.51. The summed E-state index contributed by atoms with van der Waals surface area (Å²) in [7, 11) is 0. The summed E-state index contributed by atoms with van der Waals surface area (Å²) in [4.78, 5) is 11.9. The van der Waals surface area contributed by atoms with Crippen molar-refractivity contribution in [2.75, 3.05) is 6.54 Å². The second-order valence-corrected chi connectivity index (χ2v) is 7.76. The van der Waals surface area contributed by atoms with Crippen LogP contribution >= 0.6 is 0 Å². The van der Waals surface area contributed by atoms with Crippen molar-refractivity contribution in [2.45, 2.75) is 69.4 Å². The normalized spacial score (nSPS) is 51.3. The van der Waals surface area contributed by atoms with Crippen LogP contribution in [-0.2, 0) is 9.53 Å². The number of carboxylic acids is 1. The number of aliphatic carboxylic acids is 1. The maximum atomic E-state index is 13.4. The number of nitrogens with one attached hydrogen (secondary N) is 1. The third-order valence-electron chi connectivity index (χ3n) is 6.63. The van der Waals surface area contributed by atoms with E-state index in [0.717, 1.165) is 38.6 Å². The monoisotopic (exact) mass is 311 g/mol. The molecule has 0 spiro atoms. The van der Waals surface area contributed by atoms with E-state index in [1.54, 1.807) is 0 Å². The molecular weight excluding hydrogens is 285 g/mol. The van der Waals surface area contributed by atoms with Crippen molar-refractivity contribution < 1.29 is 19.0 Å². The summed E-state index contributed by atoms with van der Waals surface area (Å²) in [5, 5.41) is 13.3. The maximum Gasteiger partial charge on any atom is 0.309 e. The van der Waals surface area contributed by atoms with Gasteiger partial charge in [-0.3, -0.25) is 4.79 Å². The minimum absolute atomic E-state index is 0.0843. The number of halogens is 1. The Morgan fingerprint density at radius 1 is 1.09 bits per heavy atom.